The van der Waals surface area contributed by atoms with E-state index < -0.39 is 0 Å². The van der Waals surface area contributed by atoms with Crippen LogP contribution in [0.1, 0.15) is 23.4 Å². The Balaban J connectivity index is 2.23. The molecule has 5 heteroatoms. The van der Waals surface area contributed by atoms with E-state index in [-0.39, 0.29) is 6.04 Å². The van der Waals surface area contributed by atoms with E-state index in [1.807, 2.05) is 24.3 Å². The Morgan fingerprint density at radius 3 is 2.58 bits per heavy atom. The third-order valence-corrected chi connectivity index (χ3v) is 5.80. The zero-order valence-electron chi connectivity index (χ0n) is 10.4. The molecule has 102 valence electrons. The molecule has 0 radical (unpaired) electrons. The normalized spacial score (nSPS) is 12.6. The molecule has 19 heavy (non-hydrogen) atoms. The predicted octanol–water partition coefficient (Wildman–Crippen LogP) is 5.71. The first-order valence-corrected chi connectivity index (χ1v) is 8.40. The lowest BCUT2D eigenvalue weighted by molar-refractivity contribution is 0.558. The first-order valence-electron chi connectivity index (χ1n) is 6.03. The van der Waals surface area contributed by atoms with Gasteiger partial charge in [-0.05, 0) is 46.6 Å². The third-order valence-electron chi connectivity index (χ3n) is 2.84. The molecule has 0 aliphatic carbocycles. The fourth-order valence-electron chi connectivity index (χ4n) is 1.94. The molecule has 0 saturated heterocycles. The van der Waals surface area contributed by atoms with Gasteiger partial charge in [0.05, 0.1) is 8.81 Å². The molecule has 1 aromatic heterocycles. The smallest absolute Gasteiger partial charge is 0.0887 e. The van der Waals surface area contributed by atoms with Crippen LogP contribution in [0, 0.1) is 0 Å². The van der Waals surface area contributed by atoms with E-state index in [1.54, 1.807) is 11.3 Å². The van der Waals surface area contributed by atoms with Crippen LogP contribution in [0.25, 0.3) is 0 Å². The van der Waals surface area contributed by atoms with Gasteiger partial charge in [0.15, 0.2) is 0 Å². The van der Waals surface area contributed by atoms with E-state index >= 15 is 0 Å². The van der Waals surface area contributed by atoms with Crippen LogP contribution in [0.2, 0.25) is 10.0 Å². The second-order valence-electron chi connectivity index (χ2n) is 4.18. The molecule has 1 heterocycles. The standard InChI is InChI=1S/C14H14BrCl2NS/c1-2-18-12(13-8-11(17)14(15)19-13)7-9-5-3-4-6-10(9)16/h3-6,8,12,18H,2,7H2,1H3. The fourth-order valence-corrected chi connectivity index (χ4v) is 3.97. The van der Waals surface area contributed by atoms with E-state index in [1.165, 1.54) is 4.88 Å². The van der Waals surface area contributed by atoms with Gasteiger partial charge < -0.3 is 5.32 Å². The summed E-state index contributed by atoms with van der Waals surface area (Å²) in [6.07, 6.45) is 0.858. The van der Waals surface area contributed by atoms with Gasteiger partial charge in [-0.1, -0.05) is 48.3 Å². The average molecular weight is 379 g/mol. The average Bonchev–Trinajstić information content (AvgIpc) is 2.72. The molecule has 1 aromatic carbocycles. The molecule has 0 spiro atoms. The maximum Gasteiger partial charge on any atom is 0.0887 e. The van der Waals surface area contributed by atoms with Crippen molar-refractivity contribution in [1.82, 2.24) is 5.32 Å². The third kappa shape index (κ3) is 3.96. The summed E-state index contributed by atoms with van der Waals surface area (Å²) < 4.78 is 0.978. The first kappa shape index (κ1) is 15.3. The van der Waals surface area contributed by atoms with Crippen LogP contribution in [0.4, 0.5) is 0 Å². The number of hydrogen-bond donors (Lipinski definition) is 1. The van der Waals surface area contributed by atoms with Crippen LogP contribution in [0.15, 0.2) is 34.1 Å². The second-order valence-corrected chi connectivity index (χ2v) is 7.39. The SMILES string of the molecule is CCNC(Cc1ccccc1Cl)c1cc(Cl)c(Br)s1. The van der Waals surface area contributed by atoms with E-state index in [0.29, 0.717) is 0 Å². The maximum absolute atomic E-state index is 6.23. The summed E-state index contributed by atoms with van der Waals surface area (Å²) in [4.78, 5) is 1.22. The highest BCUT2D eigenvalue weighted by atomic mass is 79.9. The van der Waals surface area contributed by atoms with Gasteiger partial charge in [0, 0.05) is 15.9 Å². The van der Waals surface area contributed by atoms with Crippen LogP contribution >= 0.6 is 50.5 Å². The molecule has 1 N–H and O–H groups in total. The molecule has 2 rings (SSSR count). The Hall–Kier alpha value is -0.0600. The summed E-state index contributed by atoms with van der Waals surface area (Å²) in [5, 5.41) is 5.07. The van der Waals surface area contributed by atoms with Crippen molar-refractivity contribution < 1.29 is 0 Å². The topological polar surface area (TPSA) is 12.0 Å². The number of hydrogen-bond acceptors (Lipinski definition) is 2. The Kier molecular flexibility index (Phi) is 5.72. The lowest BCUT2D eigenvalue weighted by atomic mass is 10.0. The van der Waals surface area contributed by atoms with Gasteiger partial charge in [-0.3, -0.25) is 0 Å². The number of thiophene rings is 1. The predicted molar refractivity (Wildman–Crippen MR) is 88.6 cm³/mol. The van der Waals surface area contributed by atoms with Crippen LogP contribution in [-0.4, -0.2) is 6.54 Å². The molecule has 0 aliphatic rings. The van der Waals surface area contributed by atoms with Crippen LogP contribution in [0.3, 0.4) is 0 Å². The summed E-state index contributed by atoms with van der Waals surface area (Å²) in [5.41, 5.74) is 1.15. The Morgan fingerprint density at radius 2 is 2.00 bits per heavy atom. The highest BCUT2D eigenvalue weighted by Crippen LogP contribution is 2.36. The molecular weight excluding hydrogens is 365 g/mol. The Morgan fingerprint density at radius 1 is 1.26 bits per heavy atom. The number of likely N-dealkylation sites (N-methyl/N-ethyl adjacent to an activating group) is 1. The van der Waals surface area contributed by atoms with Gasteiger partial charge in [-0.2, -0.15) is 0 Å². The minimum absolute atomic E-state index is 0.235. The van der Waals surface area contributed by atoms with Gasteiger partial charge in [0.1, 0.15) is 0 Å². The molecule has 0 bridgehead atoms. The van der Waals surface area contributed by atoms with Crippen molar-refractivity contribution in [3.63, 3.8) is 0 Å². The minimum Gasteiger partial charge on any atom is -0.309 e. The highest BCUT2D eigenvalue weighted by molar-refractivity contribution is 9.11. The lowest BCUT2D eigenvalue weighted by Gasteiger charge is -2.17. The molecule has 0 amide bonds. The molecule has 1 unspecified atom stereocenters. The Bertz CT molecular complexity index is 537. The maximum atomic E-state index is 6.23. The van der Waals surface area contributed by atoms with Gasteiger partial charge >= 0.3 is 0 Å². The summed E-state index contributed by atoms with van der Waals surface area (Å²) in [7, 11) is 0. The summed E-state index contributed by atoms with van der Waals surface area (Å²) in [6.45, 7) is 3.01. The van der Waals surface area contributed by atoms with Gasteiger partial charge in [-0.25, -0.2) is 0 Å². The number of halogens is 3. The van der Waals surface area contributed by atoms with Gasteiger partial charge in [0.25, 0.3) is 0 Å². The van der Waals surface area contributed by atoms with Gasteiger partial charge in [-0.15, -0.1) is 11.3 Å². The van der Waals surface area contributed by atoms with E-state index in [9.17, 15) is 0 Å². The van der Waals surface area contributed by atoms with Crippen molar-refractivity contribution in [3.05, 3.63) is 54.6 Å². The van der Waals surface area contributed by atoms with Crippen molar-refractivity contribution in [1.29, 1.82) is 0 Å². The fraction of sp³-hybridized carbons (Fsp3) is 0.286. The van der Waals surface area contributed by atoms with Gasteiger partial charge in [0.2, 0.25) is 0 Å². The monoisotopic (exact) mass is 377 g/mol. The summed E-state index contributed by atoms with van der Waals surface area (Å²) in [5.74, 6) is 0. The van der Waals surface area contributed by atoms with Crippen LogP contribution in [-0.2, 0) is 6.42 Å². The van der Waals surface area contributed by atoms with Crippen molar-refractivity contribution in [2.75, 3.05) is 6.54 Å². The molecule has 0 fully saturated rings. The highest BCUT2D eigenvalue weighted by Gasteiger charge is 2.16. The minimum atomic E-state index is 0.235. The second kappa shape index (κ2) is 7.09. The Labute approximate surface area is 136 Å². The van der Waals surface area contributed by atoms with E-state index in [2.05, 4.69) is 34.2 Å². The van der Waals surface area contributed by atoms with Crippen molar-refractivity contribution in [2.24, 2.45) is 0 Å². The summed E-state index contributed by atoms with van der Waals surface area (Å²) in [6, 6.07) is 10.2. The number of nitrogens with one attached hydrogen (secondary N) is 1. The molecule has 1 nitrogen and oxygen atoms in total. The number of benzene rings is 1. The number of rotatable bonds is 5. The van der Waals surface area contributed by atoms with Crippen LogP contribution in [0.5, 0.6) is 0 Å². The van der Waals surface area contributed by atoms with E-state index in [4.69, 9.17) is 23.2 Å². The first-order chi connectivity index (χ1) is 9.11. The van der Waals surface area contributed by atoms with Crippen molar-refractivity contribution in [3.8, 4) is 0 Å². The van der Waals surface area contributed by atoms with Crippen molar-refractivity contribution >= 4 is 50.5 Å². The molecule has 2 aromatic rings. The van der Waals surface area contributed by atoms with Crippen molar-refractivity contribution in [2.45, 2.75) is 19.4 Å². The zero-order chi connectivity index (χ0) is 13.8. The lowest BCUT2D eigenvalue weighted by Crippen LogP contribution is -2.22. The zero-order valence-corrected chi connectivity index (χ0v) is 14.3. The molecule has 1 atom stereocenters. The van der Waals surface area contributed by atoms with E-state index in [0.717, 1.165) is 32.4 Å². The molecule has 0 aliphatic heterocycles. The molecule has 0 saturated carbocycles. The summed E-state index contributed by atoms with van der Waals surface area (Å²) >= 11 is 17.5. The largest absolute Gasteiger partial charge is 0.309 e. The van der Waals surface area contributed by atoms with Crippen LogP contribution < -0.4 is 5.32 Å². The quantitative estimate of drug-likeness (QED) is 0.702. The molecular formula is C14H14BrCl2NS.